The largest absolute Gasteiger partial charge is 0.494 e. The van der Waals surface area contributed by atoms with Crippen molar-refractivity contribution in [3.8, 4) is 17.0 Å². The van der Waals surface area contributed by atoms with Gasteiger partial charge in [0.1, 0.15) is 11.6 Å². The van der Waals surface area contributed by atoms with E-state index in [0.717, 1.165) is 35.8 Å². The Morgan fingerprint density at radius 1 is 1.16 bits per heavy atom. The molecule has 8 nitrogen and oxygen atoms in total. The van der Waals surface area contributed by atoms with Gasteiger partial charge in [-0.25, -0.2) is 4.98 Å². The second kappa shape index (κ2) is 9.44. The molecule has 0 bridgehead atoms. The highest BCUT2D eigenvalue weighted by Crippen LogP contribution is 2.28. The van der Waals surface area contributed by atoms with Crippen LogP contribution in [0.2, 0.25) is 0 Å². The molecule has 3 aromatic rings. The molecule has 1 fully saturated rings. The predicted molar refractivity (Wildman–Crippen MR) is 124 cm³/mol. The molecule has 0 saturated carbocycles. The first kappa shape index (κ1) is 20.6. The highest BCUT2D eigenvalue weighted by atomic mass is 16.5. The Labute approximate surface area is 181 Å². The molecule has 0 spiro atoms. The summed E-state index contributed by atoms with van der Waals surface area (Å²) in [5.41, 5.74) is 9.67. The van der Waals surface area contributed by atoms with E-state index < -0.39 is 0 Å². The molecule has 4 N–H and O–H groups in total. The Balaban J connectivity index is 1.72. The number of hydrogen-bond donors (Lipinski definition) is 3. The van der Waals surface area contributed by atoms with Crippen molar-refractivity contribution in [2.45, 2.75) is 6.92 Å². The number of rotatable bonds is 7. The summed E-state index contributed by atoms with van der Waals surface area (Å²) in [5, 5.41) is 10.9. The molecule has 1 saturated heterocycles. The summed E-state index contributed by atoms with van der Waals surface area (Å²) < 4.78 is 11.1. The van der Waals surface area contributed by atoms with Crippen molar-refractivity contribution >= 4 is 29.4 Å². The summed E-state index contributed by atoms with van der Waals surface area (Å²) in [5.74, 6) is 2.11. The summed E-state index contributed by atoms with van der Waals surface area (Å²) in [6.45, 7) is 5.34. The van der Waals surface area contributed by atoms with Crippen LogP contribution in [0.4, 0.5) is 23.1 Å². The van der Waals surface area contributed by atoms with Gasteiger partial charge in [0.05, 0.1) is 25.5 Å². The Kier molecular flexibility index (Phi) is 6.28. The predicted octanol–water partition coefficient (Wildman–Crippen LogP) is 3.70. The van der Waals surface area contributed by atoms with Crippen molar-refractivity contribution in [1.82, 2.24) is 9.97 Å². The van der Waals surface area contributed by atoms with Crippen LogP contribution in [0.3, 0.4) is 0 Å². The first-order valence-electron chi connectivity index (χ1n) is 10.3. The second-order valence-corrected chi connectivity index (χ2v) is 7.11. The summed E-state index contributed by atoms with van der Waals surface area (Å²) in [4.78, 5) is 11.7. The van der Waals surface area contributed by atoms with Crippen LogP contribution in [0, 0.1) is 5.41 Å². The third-order valence-electron chi connectivity index (χ3n) is 4.96. The van der Waals surface area contributed by atoms with Gasteiger partial charge in [-0.1, -0.05) is 12.1 Å². The maximum atomic E-state index is 7.54. The van der Waals surface area contributed by atoms with Gasteiger partial charge < -0.3 is 30.8 Å². The Morgan fingerprint density at radius 3 is 2.77 bits per heavy atom. The number of morpholine rings is 1. The maximum Gasteiger partial charge on any atom is 0.228 e. The van der Waals surface area contributed by atoms with Gasteiger partial charge in [0, 0.05) is 47.9 Å². The number of ether oxygens (including phenoxy) is 2. The van der Waals surface area contributed by atoms with E-state index in [9.17, 15) is 0 Å². The lowest BCUT2D eigenvalue weighted by molar-refractivity contribution is 0.122. The molecule has 160 valence electrons. The zero-order valence-corrected chi connectivity index (χ0v) is 17.5. The molecule has 1 aliphatic heterocycles. The van der Waals surface area contributed by atoms with E-state index in [0.29, 0.717) is 42.8 Å². The van der Waals surface area contributed by atoms with Crippen LogP contribution in [0.1, 0.15) is 12.5 Å². The van der Waals surface area contributed by atoms with E-state index >= 15 is 0 Å². The minimum absolute atomic E-state index is 0.561. The quantitative estimate of drug-likeness (QED) is 0.396. The molecule has 0 radical (unpaired) electrons. The maximum absolute atomic E-state index is 7.54. The van der Waals surface area contributed by atoms with E-state index in [2.05, 4.69) is 10.2 Å². The lowest BCUT2D eigenvalue weighted by Crippen LogP contribution is -2.37. The summed E-state index contributed by atoms with van der Waals surface area (Å²) >= 11 is 0. The molecular weight excluding hydrogens is 392 g/mol. The second-order valence-electron chi connectivity index (χ2n) is 7.11. The topological polar surface area (TPSA) is 109 Å². The number of nitrogens with two attached hydrogens (primary N) is 1. The van der Waals surface area contributed by atoms with Gasteiger partial charge in [0.2, 0.25) is 5.95 Å². The number of benzene rings is 2. The molecule has 1 aliphatic rings. The smallest absolute Gasteiger partial charge is 0.228 e. The van der Waals surface area contributed by atoms with Crippen molar-refractivity contribution < 1.29 is 9.47 Å². The van der Waals surface area contributed by atoms with Gasteiger partial charge in [-0.2, -0.15) is 4.98 Å². The summed E-state index contributed by atoms with van der Waals surface area (Å²) in [6.07, 6.45) is 1.24. The van der Waals surface area contributed by atoms with Crippen LogP contribution in [-0.2, 0) is 4.74 Å². The molecule has 31 heavy (non-hydrogen) atoms. The van der Waals surface area contributed by atoms with Gasteiger partial charge >= 0.3 is 0 Å². The van der Waals surface area contributed by atoms with E-state index in [1.54, 1.807) is 6.07 Å². The number of nitrogen functional groups attached to an aromatic ring is 1. The van der Waals surface area contributed by atoms with Crippen LogP contribution in [0.25, 0.3) is 11.3 Å². The number of anilines is 4. The van der Waals surface area contributed by atoms with Gasteiger partial charge in [-0.05, 0) is 37.3 Å². The molecule has 2 aromatic carbocycles. The van der Waals surface area contributed by atoms with Crippen molar-refractivity contribution in [3.63, 3.8) is 0 Å². The SMILES string of the molecule is CCOc1cccc(-c2cc(Nc3ccc(N)c(C=N)c3)nc(N3CCOCC3)n2)c1. The van der Waals surface area contributed by atoms with E-state index in [-0.39, 0.29) is 0 Å². The van der Waals surface area contributed by atoms with Crippen molar-refractivity contribution in [2.75, 3.05) is 48.9 Å². The fraction of sp³-hybridized carbons (Fsp3) is 0.261. The fourth-order valence-corrected chi connectivity index (χ4v) is 3.39. The van der Waals surface area contributed by atoms with Gasteiger partial charge in [-0.15, -0.1) is 0 Å². The summed E-state index contributed by atoms with van der Waals surface area (Å²) in [7, 11) is 0. The Bertz CT molecular complexity index is 1070. The molecular formula is C23H26N6O2. The third kappa shape index (κ3) is 4.92. The average molecular weight is 419 g/mol. The number of hydrogen-bond acceptors (Lipinski definition) is 8. The highest BCUT2D eigenvalue weighted by molar-refractivity contribution is 5.87. The third-order valence-corrected chi connectivity index (χ3v) is 4.96. The summed E-state index contributed by atoms with van der Waals surface area (Å²) in [6, 6.07) is 15.3. The normalized spacial score (nSPS) is 13.6. The minimum atomic E-state index is 0.561. The number of nitrogens with zero attached hydrogens (tertiary/aromatic N) is 3. The Hall–Kier alpha value is -3.65. The fourth-order valence-electron chi connectivity index (χ4n) is 3.39. The minimum Gasteiger partial charge on any atom is -0.494 e. The monoisotopic (exact) mass is 418 g/mol. The van der Waals surface area contributed by atoms with Crippen LogP contribution in [0.5, 0.6) is 5.75 Å². The van der Waals surface area contributed by atoms with E-state index in [4.69, 9.17) is 30.6 Å². The number of aromatic nitrogens is 2. The van der Waals surface area contributed by atoms with Crippen molar-refractivity contribution in [3.05, 3.63) is 54.1 Å². The van der Waals surface area contributed by atoms with Crippen LogP contribution in [0.15, 0.2) is 48.5 Å². The molecule has 0 atom stereocenters. The standard InChI is InChI=1S/C23H26N6O2/c1-2-31-19-5-3-4-16(13-19)21-14-22(26-18-6-7-20(25)17(12-18)15-24)28-23(27-21)29-8-10-30-11-9-29/h3-7,12-15,24H,2,8-11,25H2,1H3,(H,26,27,28). The van der Waals surface area contributed by atoms with Crippen molar-refractivity contribution in [2.24, 2.45) is 0 Å². The lowest BCUT2D eigenvalue weighted by Gasteiger charge is -2.27. The molecule has 0 aliphatic carbocycles. The van der Waals surface area contributed by atoms with Gasteiger partial charge in [-0.3, -0.25) is 0 Å². The lowest BCUT2D eigenvalue weighted by atomic mass is 10.1. The molecule has 2 heterocycles. The molecule has 4 rings (SSSR count). The molecule has 0 unspecified atom stereocenters. The first-order valence-corrected chi connectivity index (χ1v) is 10.3. The molecule has 8 heteroatoms. The zero-order valence-electron chi connectivity index (χ0n) is 17.5. The van der Waals surface area contributed by atoms with Crippen LogP contribution < -0.4 is 20.7 Å². The van der Waals surface area contributed by atoms with E-state index in [1.807, 2.05) is 49.4 Å². The zero-order chi connectivity index (χ0) is 21.6. The van der Waals surface area contributed by atoms with E-state index in [1.165, 1.54) is 6.21 Å². The van der Waals surface area contributed by atoms with Crippen LogP contribution in [-0.4, -0.2) is 49.1 Å². The highest BCUT2D eigenvalue weighted by Gasteiger charge is 2.17. The molecule has 0 amide bonds. The Morgan fingerprint density at radius 2 is 2.00 bits per heavy atom. The average Bonchev–Trinajstić information content (AvgIpc) is 2.81. The molecule has 1 aromatic heterocycles. The van der Waals surface area contributed by atoms with Crippen molar-refractivity contribution in [1.29, 1.82) is 5.41 Å². The van der Waals surface area contributed by atoms with Gasteiger partial charge in [0.15, 0.2) is 0 Å². The van der Waals surface area contributed by atoms with Crippen LogP contribution >= 0.6 is 0 Å². The first-order chi connectivity index (χ1) is 15.2. The van der Waals surface area contributed by atoms with Gasteiger partial charge in [0.25, 0.3) is 0 Å². The number of nitrogens with one attached hydrogen (secondary N) is 2.